The molecular formula is C22H24FN3O6S. The van der Waals surface area contributed by atoms with Gasteiger partial charge in [0.1, 0.15) is 11.9 Å². The Hall–Kier alpha value is -3.18. The Morgan fingerprint density at radius 3 is 2.52 bits per heavy atom. The first-order valence-corrected chi connectivity index (χ1v) is 11.7. The summed E-state index contributed by atoms with van der Waals surface area (Å²) < 4.78 is 41.6. The van der Waals surface area contributed by atoms with Crippen molar-refractivity contribution in [1.82, 2.24) is 9.21 Å². The first kappa shape index (κ1) is 24.5. The molecule has 2 aromatic rings. The molecule has 1 amide bonds. The van der Waals surface area contributed by atoms with Gasteiger partial charge >= 0.3 is 0 Å². The molecule has 0 aromatic heterocycles. The van der Waals surface area contributed by atoms with Gasteiger partial charge in [0.25, 0.3) is 15.7 Å². The van der Waals surface area contributed by atoms with E-state index in [4.69, 9.17) is 0 Å². The molecule has 0 aliphatic carbocycles. The molecule has 0 unspecified atom stereocenters. The van der Waals surface area contributed by atoms with Crippen molar-refractivity contribution in [1.29, 1.82) is 0 Å². The van der Waals surface area contributed by atoms with Gasteiger partial charge in [0.2, 0.25) is 5.91 Å². The molecule has 1 heterocycles. The monoisotopic (exact) mass is 477 g/mol. The van der Waals surface area contributed by atoms with E-state index in [1.807, 2.05) is 0 Å². The van der Waals surface area contributed by atoms with Crippen LogP contribution in [0, 0.1) is 22.9 Å². The van der Waals surface area contributed by atoms with Crippen LogP contribution in [-0.2, 0) is 26.0 Å². The Kier molecular flexibility index (Phi) is 6.94. The molecule has 0 radical (unpaired) electrons. The van der Waals surface area contributed by atoms with Crippen molar-refractivity contribution in [2.45, 2.75) is 44.2 Å². The number of nitrogens with zero attached hydrogens (tertiary/aromatic N) is 3. The van der Waals surface area contributed by atoms with Gasteiger partial charge in [0.05, 0.1) is 11.0 Å². The van der Waals surface area contributed by atoms with E-state index in [1.165, 1.54) is 36.9 Å². The van der Waals surface area contributed by atoms with Gasteiger partial charge in [-0.1, -0.05) is 24.3 Å². The number of amides is 1. The molecule has 1 saturated heterocycles. The number of benzene rings is 2. The molecule has 2 aromatic carbocycles. The number of rotatable bonds is 7. The molecule has 0 spiro atoms. The topological polar surface area (TPSA) is 118 Å². The van der Waals surface area contributed by atoms with E-state index in [0.29, 0.717) is 5.56 Å². The highest BCUT2D eigenvalue weighted by molar-refractivity contribution is 7.89. The van der Waals surface area contributed by atoms with Gasteiger partial charge in [0, 0.05) is 25.6 Å². The first-order valence-electron chi connectivity index (χ1n) is 10.3. The number of hydrogen-bond donors (Lipinski definition) is 0. The lowest BCUT2D eigenvalue weighted by atomic mass is 9.98. The minimum atomic E-state index is -4.36. The average Bonchev–Trinajstić information content (AvgIpc) is 2.75. The van der Waals surface area contributed by atoms with Crippen LogP contribution in [0.15, 0.2) is 47.4 Å². The summed E-state index contributed by atoms with van der Waals surface area (Å²) in [6.45, 7) is 4.12. The van der Waals surface area contributed by atoms with Crippen LogP contribution < -0.4 is 0 Å². The number of ketones is 1. The third kappa shape index (κ3) is 4.79. The summed E-state index contributed by atoms with van der Waals surface area (Å²) in [4.78, 5) is 36.8. The van der Waals surface area contributed by atoms with Crippen molar-refractivity contribution < 1.29 is 27.3 Å². The van der Waals surface area contributed by atoms with Gasteiger partial charge in [-0.05, 0) is 44.0 Å². The van der Waals surface area contributed by atoms with Crippen LogP contribution in [0.3, 0.4) is 0 Å². The fourth-order valence-corrected chi connectivity index (χ4v) is 5.70. The lowest BCUT2D eigenvalue weighted by Crippen LogP contribution is -2.61. The Bertz CT molecular complexity index is 1220. The smallest absolute Gasteiger partial charge is 0.289 e. The highest BCUT2D eigenvalue weighted by Gasteiger charge is 2.44. The second-order valence-electron chi connectivity index (χ2n) is 7.97. The molecule has 1 aliphatic rings. The minimum absolute atomic E-state index is 0.0448. The Morgan fingerprint density at radius 1 is 1.24 bits per heavy atom. The van der Waals surface area contributed by atoms with Crippen LogP contribution in [0.1, 0.15) is 25.0 Å². The number of Topliss-reactive ketones (excluding diaryl/α,β-unsaturated/α-hetero) is 1. The molecule has 0 bridgehead atoms. The molecule has 3 rings (SSSR count). The summed E-state index contributed by atoms with van der Waals surface area (Å²) in [5.74, 6) is -1.47. The number of carbonyl (C=O) groups excluding carboxylic acids is 2. The number of aryl methyl sites for hydroxylation is 1. The summed E-state index contributed by atoms with van der Waals surface area (Å²) in [6, 6.07) is 7.36. The number of halogens is 1. The normalized spacial score (nSPS) is 18.2. The number of para-hydroxylation sites is 1. The second kappa shape index (κ2) is 9.36. The van der Waals surface area contributed by atoms with Gasteiger partial charge in [-0.25, -0.2) is 12.8 Å². The highest BCUT2D eigenvalue weighted by Crippen LogP contribution is 2.30. The fourth-order valence-electron chi connectivity index (χ4n) is 3.96. The number of nitro groups is 1. The lowest BCUT2D eigenvalue weighted by molar-refractivity contribution is -0.387. The van der Waals surface area contributed by atoms with Crippen LogP contribution in [0.2, 0.25) is 0 Å². The molecule has 176 valence electrons. The van der Waals surface area contributed by atoms with Gasteiger partial charge in [-0.15, -0.1) is 0 Å². The van der Waals surface area contributed by atoms with Crippen molar-refractivity contribution in [2.75, 3.05) is 13.1 Å². The molecule has 0 saturated carbocycles. The molecular weight excluding hydrogens is 453 g/mol. The van der Waals surface area contributed by atoms with Crippen LogP contribution in [0.25, 0.3) is 0 Å². The zero-order chi connectivity index (χ0) is 24.5. The molecule has 2 atom stereocenters. The van der Waals surface area contributed by atoms with Crippen LogP contribution in [0.4, 0.5) is 10.1 Å². The molecule has 9 nitrogen and oxygen atoms in total. The maximum absolute atomic E-state index is 14.4. The summed E-state index contributed by atoms with van der Waals surface area (Å²) in [5, 5.41) is 11.3. The zero-order valence-corrected chi connectivity index (χ0v) is 19.2. The van der Waals surface area contributed by atoms with Crippen molar-refractivity contribution >= 4 is 27.4 Å². The zero-order valence-electron chi connectivity index (χ0n) is 18.4. The van der Waals surface area contributed by atoms with Crippen molar-refractivity contribution in [3.05, 3.63) is 69.5 Å². The fraction of sp³-hybridized carbons (Fsp3) is 0.364. The van der Waals surface area contributed by atoms with Crippen molar-refractivity contribution in [2.24, 2.45) is 0 Å². The Balaban J connectivity index is 1.89. The highest BCUT2D eigenvalue weighted by atomic mass is 32.2. The summed E-state index contributed by atoms with van der Waals surface area (Å²) in [7, 11) is -4.36. The Labute approximate surface area is 191 Å². The summed E-state index contributed by atoms with van der Waals surface area (Å²) in [5.41, 5.74) is 0.404. The quantitative estimate of drug-likeness (QED) is 0.447. The van der Waals surface area contributed by atoms with Gasteiger partial charge in [0.15, 0.2) is 10.7 Å². The van der Waals surface area contributed by atoms with Gasteiger partial charge in [-0.3, -0.25) is 19.7 Å². The molecule has 0 N–H and O–H groups in total. The largest absolute Gasteiger partial charge is 0.330 e. The number of hydrogen-bond acceptors (Lipinski definition) is 6. The molecule has 11 heteroatoms. The van der Waals surface area contributed by atoms with E-state index < -0.39 is 49.3 Å². The predicted molar refractivity (Wildman–Crippen MR) is 117 cm³/mol. The SMILES string of the molecule is CC(=O)[C@H](Cc1ccc(C)cc1F)N1CCN(S(=O)(=O)c2ccccc2[N+](=O)[O-])[C@@H](C)C1=O. The van der Waals surface area contributed by atoms with Crippen LogP contribution in [-0.4, -0.2) is 59.4 Å². The van der Waals surface area contributed by atoms with Crippen LogP contribution in [0.5, 0.6) is 0 Å². The average molecular weight is 478 g/mol. The number of nitro benzene ring substituents is 1. The number of piperazine rings is 1. The maximum Gasteiger partial charge on any atom is 0.289 e. The van der Waals surface area contributed by atoms with E-state index in [2.05, 4.69) is 0 Å². The predicted octanol–water partition coefficient (Wildman–Crippen LogP) is 2.46. The van der Waals surface area contributed by atoms with E-state index in [0.717, 1.165) is 16.4 Å². The Morgan fingerprint density at radius 2 is 1.91 bits per heavy atom. The number of sulfonamides is 1. The maximum atomic E-state index is 14.4. The van der Waals surface area contributed by atoms with Gasteiger partial charge in [-0.2, -0.15) is 4.31 Å². The van der Waals surface area contributed by atoms with Crippen LogP contribution >= 0.6 is 0 Å². The number of carbonyl (C=O) groups is 2. The molecule has 33 heavy (non-hydrogen) atoms. The van der Waals surface area contributed by atoms with E-state index in [1.54, 1.807) is 19.1 Å². The summed E-state index contributed by atoms with van der Waals surface area (Å²) in [6.07, 6.45) is -0.0448. The second-order valence-corrected chi connectivity index (χ2v) is 9.83. The van der Waals surface area contributed by atoms with E-state index >= 15 is 0 Å². The molecule has 1 fully saturated rings. The standard InChI is InChI=1S/C22H24FN3O6S/c1-14-8-9-17(18(23)12-14)13-20(16(3)27)24-10-11-25(15(2)22(24)28)33(31,32)21-7-5-4-6-19(21)26(29)30/h4-9,12,15,20H,10-11,13H2,1-3H3/t15-,20-/m0/s1. The first-order chi connectivity index (χ1) is 15.4. The van der Waals surface area contributed by atoms with Crippen molar-refractivity contribution in [3.8, 4) is 0 Å². The van der Waals surface area contributed by atoms with E-state index in [-0.39, 0.29) is 30.9 Å². The lowest BCUT2D eigenvalue weighted by Gasteiger charge is -2.41. The van der Waals surface area contributed by atoms with Gasteiger partial charge < -0.3 is 4.90 Å². The molecule has 1 aliphatic heterocycles. The minimum Gasteiger partial charge on any atom is -0.330 e. The third-order valence-corrected chi connectivity index (χ3v) is 7.77. The van der Waals surface area contributed by atoms with E-state index in [9.17, 15) is 32.5 Å². The van der Waals surface area contributed by atoms with Crippen molar-refractivity contribution in [3.63, 3.8) is 0 Å². The summed E-state index contributed by atoms with van der Waals surface area (Å²) >= 11 is 0. The third-order valence-electron chi connectivity index (χ3n) is 5.75.